The van der Waals surface area contributed by atoms with Crippen molar-refractivity contribution in [2.75, 3.05) is 6.61 Å². The Morgan fingerprint density at radius 2 is 2.05 bits per heavy atom. The number of hydrogen-bond acceptors (Lipinski definition) is 4. The predicted molar refractivity (Wildman–Crippen MR) is 66.5 cm³/mol. The highest BCUT2D eigenvalue weighted by atomic mass is 19.3. The fraction of sp³-hybridized carbons (Fsp3) is 0.308. The molecular formula is C13H13F2N3O2. The van der Waals surface area contributed by atoms with Gasteiger partial charge in [0, 0.05) is 0 Å². The van der Waals surface area contributed by atoms with Crippen molar-refractivity contribution in [3.8, 4) is 0 Å². The van der Waals surface area contributed by atoms with E-state index in [0.29, 0.717) is 19.8 Å². The summed E-state index contributed by atoms with van der Waals surface area (Å²) in [5.74, 6) is -1.32. The van der Waals surface area contributed by atoms with Crippen LogP contribution in [0.25, 0.3) is 0 Å². The zero-order valence-electron chi connectivity index (χ0n) is 10.6. The van der Waals surface area contributed by atoms with E-state index < -0.39 is 12.2 Å². The maximum absolute atomic E-state index is 12.2. The molecule has 2 aromatic rings. The predicted octanol–water partition coefficient (Wildman–Crippen LogP) is 1.94. The molecule has 1 aromatic heterocycles. The first kappa shape index (κ1) is 14.3. The Hall–Kier alpha value is -2.15. The molecule has 20 heavy (non-hydrogen) atoms. The summed E-state index contributed by atoms with van der Waals surface area (Å²) in [7, 11) is 0. The molecule has 2 rings (SSSR count). The van der Waals surface area contributed by atoms with Crippen molar-refractivity contribution < 1.29 is 18.3 Å². The largest absolute Gasteiger partial charge is 0.375 e. The molecule has 5 nitrogen and oxygen atoms in total. The minimum Gasteiger partial charge on any atom is -0.375 e. The van der Waals surface area contributed by atoms with Crippen LogP contribution in [-0.4, -0.2) is 33.8 Å². The third-order valence-electron chi connectivity index (χ3n) is 2.57. The van der Waals surface area contributed by atoms with Crippen molar-refractivity contribution in [1.29, 1.82) is 0 Å². The lowest BCUT2D eigenvalue weighted by Crippen LogP contribution is -2.10. The number of ketones is 1. The molecule has 7 heteroatoms. The van der Waals surface area contributed by atoms with Crippen LogP contribution in [0.2, 0.25) is 0 Å². The van der Waals surface area contributed by atoms with Gasteiger partial charge in [0.15, 0.2) is 5.69 Å². The fourth-order valence-corrected chi connectivity index (χ4v) is 1.55. The Bertz CT molecular complexity index is 558. The lowest BCUT2D eigenvalue weighted by Gasteiger charge is -2.03. The highest BCUT2D eigenvalue weighted by molar-refractivity contribution is 5.96. The second-order valence-corrected chi connectivity index (χ2v) is 4.07. The summed E-state index contributed by atoms with van der Waals surface area (Å²) < 4.78 is 31.1. The summed E-state index contributed by atoms with van der Waals surface area (Å²) in [6.07, 6.45) is -1.87. The van der Waals surface area contributed by atoms with Crippen molar-refractivity contribution >= 4 is 5.78 Å². The normalized spacial score (nSPS) is 10.9. The first-order chi connectivity index (χ1) is 9.66. The van der Waals surface area contributed by atoms with Crippen molar-refractivity contribution in [3.63, 3.8) is 0 Å². The molecule has 0 saturated carbocycles. The number of carbonyl (C=O) groups is 1. The number of benzene rings is 1. The molecule has 0 unspecified atom stereocenters. The summed E-state index contributed by atoms with van der Waals surface area (Å²) in [4.78, 5) is 11.0. The number of halogens is 2. The molecule has 0 bridgehead atoms. The zero-order valence-corrected chi connectivity index (χ0v) is 10.6. The van der Waals surface area contributed by atoms with Crippen molar-refractivity contribution in [1.82, 2.24) is 15.0 Å². The van der Waals surface area contributed by atoms with Crippen LogP contribution < -0.4 is 0 Å². The average Bonchev–Trinajstić information content (AvgIpc) is 2.92. The summed E-state index contributed by atoms with van der Waals surface area (Å²) in [5.41, 5.74) is 0.711. The summed E-state index contributed by atoms with van der Waals surface area (Å²) in [5, 5.41) is 7.00. The second-order valence-electron chi connectivity index (χ2n) is 4.07. The topological polar surface area (TPSA) is 57.0 Å². The number of hydrogen-bond donors (Lipinski definition) is 0. The smallest absolute Gasteiger partial charge is 0.302 e. The number of rotatable bonds is 7. The Balaban J connectivity index is 1.76. The van der Waals surface area contributed by atoms with E-state index in [-0.39, 0.29) is 5.69 Å². The molecule has 0 fully saturated rings. The number of aromatic nitrogens is 3. The van der Waals surface area contributed by atoms with Crippen LogP contribution in [0.15, 0.2) is 36.5 Å². The lowest BCUT2D eigenvalue weighted by molar-refractivity contribution is 0.0673. The van der Waals surface area contributed by atoms with Crippen LogP contribution >= 0.6 is 0 Å². The minimum atomic E-state index is -3.06. The number of alkyl halides is 2. The molecular weight excluding hydrogens is 268 g/mol. The molecule has 0 aliphatic rings. The van der Waals surface area contributed by atoms with E-state index in [2.05, 4.69) is 10.3 Å². The van der Waals surface area contributed by atoms with Gasteiger partial charge in [-0.1, -0.05) is 35.5 Å². The number of Topliss-reactive ketones (excluding diaryl/α,β-unsaturated/α-hetero) is 1. The number of carbonyl (C=O) groups excluding carboxylic acids is 1. The standard InChI is InChI=1S/C13H13F2N3O2/c14-13(15)12(19)11-8-18(17-16-11)6-7-20-9-10-4-2-1-3-5-10/h1-5,8,13H,6-7,9H2. The molecule has 106 valence electrons. The molecule has 1 heterocycles. The molecule has 0 saturated heterocycles. The van der Waals surface area contributed by atoms with Crippen LogP contribution in [0.3, 0.4) is 0 Å². The van der Waals surface area contributed by atoms with Crippen LogP contribution in [0.4, 0.5) is 8.78 Å². The van der Waals surface area contributed by atoms with E-state index in [9.17, 15) is 13.6 Å². The van der Waals surface area contributed by atoms with E-state index in [1.807, 2.05) is 30.3 Å². The molecule has 0 amide bonds. The van der Waals surface area contributed by atoms with Gasteiger partial charge in [0.2, 0.25) is 0 Å². The third-order valence-corrected chi connectivity index (χ3v) is 2.57. The molecule has 0 aliphatic heterocycles. The van der Waals surface area contributed by atoms with Crippen molar-refractivity contribution in [2.45, 2.75) is 19.6 Å². The summed E-state index contributed by atoms with van der Waals surface area (Å²) in [6, 6.07) is 9.63. The van der Waals surface area contributed by atoms with Crippen LogP contribution in [0.1, 0.15) is 16.1 Å². The monoisotopic (exact) mass is 281 g/mol. The van der Waals surface area contributed by atoms with Gasteiger partial charge in [0.25, 0.3) is 5.78 Å². The maximum Gasteiger partial charge on any atom is 0.302 e. The quantitative estimate of drug-likeness (QED) is 0.575. The SMILES string of the molecule is O=C(c1cn(CCOCc2ccccc2)nn1)C(F)F. The van der Waals surface area contributed by atoms with Gasteiger partial charge in [-0.15, -0.1) is 5.10 Å². The molecule has 1 aromatic carbocycles. The molecule has 0 radical (unpaired) electrons. The van der Waals surface area contributed by atoms with Gasteiger partial charge in [0.05, 0.1) is 26.0 Å². The van der Waals surface area contributed by atoms with Crippen molar-refractivity contribution in [2.24, 2.45) is 0 Å². The highest BCUT2D eigenvalue weighted by Gasteiger charge is 2.20. The Kier molecular flexibility index (Phi) is 4.89. The van der Waals surface area contributed by atoms with Gasteiger partial charge in [-0.2, -0.15) is 0 Å². The third kappa shape index (κ3) is 3.92. The van der Waals surface area contributed by atoms with Gasteiger partial charge in [0.1, 0.15) is 0 Å². The first-order valence-corrected chi connectivity index (χ1v) is 6.01. The Morgan fingerprint density at radius 1 is 1.30 bits per heavy atom. The highest BCUT2D eigenvalue weighted by Crippen LogP contribution is 2.04. The molecule has 0 N–H and O–H groups in total. The summed E-state index contributed by atoms with van der Waals surface area (Å²) in [6.45, 7) is 1.15. The van der Waals surface area contributed by atoms with Gasteiger partial charge in [-0.3, -0.25) is 4.79 Å². The Morgan fingerprint density at radius 3 is 2.75 bits per heavy atom. The van der Waals surface area contributed by atoms with E-state index in [1.54, 1.807) is 0 Å². The minimum absolute atomic E-state index is 0.331. The Labute approximate surface area is 114 Å². The average molecular weight is 281 g/mol. The number of nitrogens with zero attached hydrogens (tertiary/aromatic N) is 3. The van der Waals surface area contributed by atoms with Crippen molar-refractivity contribution in [3.05, 3.63) is 47.8 Å². The van der Waals surface area contributed by atoms with E-state index in [1.165, 1.54) is 10.9 Å². The first-order valence-electron chi connectivity index (χ1n) is 6.01. The van der Waals surface area contributed by atoms with Gasteiger partial charge in [-0.05, 0) is 5.56 Å². The van der Waals surface area contributed by atoms with Crippen LogP contribution in [0.5, 0.6) is 0 Å². The molecule has 0 aliphatic carbocycles. The van der Waals surface area contributed by atoms with E-state index in [4.69, 9.17) is 4.74 Å². The summed E-state index contributed by atoms with van der Waals surface area (Å²) >= 11 is 0. The van der Waals surface area contributed by atoms with Gasteiger partial charge >= 0.3 is 6.43 Å². The second kappa shape index (κ2) is 6.85. The van der Waals surface area contributed by atoms with Gasteiger partial charge in [-0.25, -0.2) is 13.5 Å². The van der Waals surface area contributed by atoms with Crippen LogP contribution in [-0.2, 0) is 17.9 Å². The van der Waals surface area contributed by atoms with Gasteiger partial charge < -0.3 is 4.74 Å². The molecule has 0 atom stereocenters. The zero-order chi connectivity index (χ0) is 14.4. The maximum atomic E-state index is 12.2. The fourth-order valence-electron chi connectivity index (χ4n) is 1.55. The van der Waals surface area contributed by atoms with Crippen LogP contribution in [0, 0.1) is 0 Å². The number of ether oxygens (including phenoxy) is 1. The lowest BCUT2D eigenvalue weighted by atomic mass is 10.2. The van der Waals surface area contributed by atoms with E-state index >= 15 is 0 Å². The molecule has 0 spiro atoms. The van der Waals surface area contributed by atoms with E-state index in [0.717, 1.165) is 5.56 Å².